The SMILES string of the molecule is CCCOc1cccc(C(O)=C2C(=O)C(=O)N(CCc3ccccc3)C2c2ccc(I)cc2)c1. The second-order valence-corrected chi connectivity index (χ2v) is 9.40. The lowest BCUT2D eigenvalue weighted by molar-refractivity contribution is -0.139. The smallest absolute Gasteiger partial charge is 0.295 e. The van der Waals surface area contributed by atoms with Gasteiger partial charge in [0.15, 0.2) is 0 Å². The Kier molecular flexibility index (Phi) is 7.67. The molecule has 3 aromatic carbocycles. The molecular formula is C28H26INO4. The number of ketones is 1. The number of ether oxygens (including phenoxy) is 1. The summed E-state index contributed by atoms with van der Waals surface area (Å²) in [5.74, 6) is -0.852. The number of hydrogen-bond donors (Lipinski definition) is 1. The van der Waals surface area contributed by atoms with Crippen molar-refractivity contribution in [2.45, 2.75) is 25.8 Å². The molecule has 0 bridgehead atoms. The summed E-state index contributed by atoms with van der Waals surface area (Å²) in [4.78, 5) is 27.9. The van der Waals surface area contributed by atoms with Gasteiger partial charge in [0, 0.05) is 15.7 Å². The third-order valence-electron chi connectivity index (χ3n) is 5.79. The number of Topliss-reactive ketones (excluding diaryl/α,β-unsaturated/α-hetero) is 1. The molecule has 4 rings (SSSR count). The molecule has 1 heterocycles. The number of aliphatic hydroxyl groups excluding tert-OH is 1. The Labute approximate surface area is 213 Å². The Morgan fingerprint density at radius 2 is 1.74 bits per heavy atom. The predicted octanol–water partition coefficient (Wildman–Crippen LogP) is 5.74. The van der Waals surface area contributed by atoms with Gasteiger partial charge in [-0.25, -0.2) is 0 Å². The summed E-state index contributed by atoms with van der Waals surface area (Å²) < 4.78 is 6.74. The zero-order valence-electron chi connectivity index (χ0n) is 18.9. The van der Waals surface area contributed by atoms with Crippen LogP contribution >= 0.6 is 22.6 Å². The number of likely N-dealkylation sites (tertiary alicyclic amines) is 1. The lowest BCUT2D eigenvalue weighted by Crippen LogP contribution is -2.31. The van der Waals surface area contributed by atoms with Gasteiger partial charge in [0.25, 0.3) is 11.7 Å². The van der Waals surface area contributed by atoms with E-state index in [-0.39, 0.29) is 11.3 Å². The molecule has 1 unspecified atom stereocenters. The van der Waals surface area contributed by atoms with E-state index in [9.17, 15) is 14.7 Å². The minimum Gasteiger partial charge on any atom is -0.507 e. The number of hydrogen-bond acceptors (Lipinski definition) is 4. The van der Waals surface area contributed by atoms with Crippen LogP contribution in [0, 0.1) is 3.57 Å². The molecule has 34 heavy (non-hydrogen) atoms. The van der Waals surface area contributed by atoms with Gasteiger partial charge in [-0.15, -0.1) is 0 Å². The van der Waals surface area contributed by atoms with Crippen molar-refractivity contribution in [2.24, 2.45) is 0 Å². The van der Waals surface area contributed by atoms with E-state index in [4.69, 9.17) is 4.74 Å². The maximum Gasteiger partial charge on any atom is 0.295 e. The van der Waals surface area contributed by atoms with E-state index in [0.717, 1.165) is 21.1 Å². The second-order valence-electron chi connectivity index (χ2n) is 8.16. The average molecular weight is 567 g/mol. The highest BCUT2D eigenvalue weighted by Crippen LogP contribution is 2.40. The standard InChI is InChI=1S/C28H26INO4/c1-2-17-34-23-10-6-9-21(18-23)26(31)24-25(20-11-13-22(29)14-12-20)30(28(33)27(24)32)16-15-19-7-4-3-5-8-19/h3-14,18,25,31H,2,15-17H2,1H3. The minimum absolute atomic E-state index is 0.104. The molecule has 1 amide bonds. The minimum atomic E-state index is -0.672. The number of carbonyl (C=O) groups excluding carboxylic acids is 2. The monoisotopic (exact) mass is 567 g/mol. The Bertz CT molecular complexity index is 1200. The van der Waals surface area contributed by atoms with Crippen LogP contribution in [0.3, 0.4) is 0 Å². The lowest BCUT2D eigenvalue weighted by Gasteiger charge is -2.25. The number of nitrogens with zero attached hydrogens (tertiary/aromatic N) is 1. The highest BCUT2D eigenvalue weighted by atomic mass is 127. The van der Waals surface area contributed by atoms with Crippen LogP contribution in [0.2, 0.25) is 0 Å². The fourth-order valence-corrected chi connectivity index (χ4v) is 4.46. The summed E-state index contributed by atoms with van der Waals surface area (Å²) in [7, 11) is 0. The topological polar surface area (TPSA) is 66.8 Å². The Morgan fingerprint density at radius 3 is 2.44 bits per heavy atom. The van der Waals surface area contributed by atoms with Gasteiger partial charge < -0.3 is 14.7 Å². The van der Waals surface area contributed by atoms with Gasteiger partial charge >= 0.3 is 0 Å². The highest BCUT2D eigenvalue weighted by molar-refractivity contribution is 14.1. The fraction of sp³-hybridized carbons (Fsp3) is 0.214. The lowest BCUT2D eigenvalue weighted by atomic mass is 9.95. The van der Waals surface area contributed by atoms with Crippen LogP contribution in [0.1, 0.15) is 36.1 Å². The summed E-state index contributed by atoms with van der Waals surface area (Å²) in [6, 6.07) is 23.9. The van der Waals surface area contributed by atoms with Gasteiger partial charge in [-0.2, -0.15) is 0 Å². The summed E-state index contributed by atoms with van der Waals surface area (Å²) in [5, 5.41) is 11.3. The van der Waals surface area contributed by atoms with Crippen molar-refractivity contribution in [1.82, 2.24) is 4.90 Å². The normalized spacial score (nSPS) is 17.2. The zero-order chi connectivity index (χ0) is 24.1. The first-order valence-electron chi connectivity index (χ1n) is 11.3. The summed E-state index contributed by atoms with van der Waals surface area (Å²) >= 11 is 2.22. The molecule has 1 N–H and O–H groups in total. The molecule has 1 aliphatic heterocycles. The maximum absolute atomic E-state index is 13.2. The van der Waals surface area contributed by atoms with Crippen LogP contribution in [0.25, 0.3) is 5.76 Å². The van der Waals surface area contributed by atoms with E-state index in [2.05, 4.69) is 22.6 Å². The molecule has 6 heteroatoms. The van der Waals surface area contributed by atoms with Crippen molar-refractivity contribution < 1.29 is 19.4 Å². The fourth-order valence-electron chi connectivity index (χ4n) is 4.11. The first-order chi connectivity index (χ1) is 16.5. The van der Waals surface area contributed by atoms with Gasteiger partial charge in [0.2, 0.25) is 0 Å². The van der Waals surface area contributed by atoms with E-state index in [1.54, 1.807) is 23.1 Å². The third kappa shape index (κ3) is 5.17. The molecule has 0 aromatic heterocycles. The van der Waals surface area contributed by atoms with Gasteiger partial charge in [-0.1, -0.05) is 61.5 Å². The highest BCUT2D eigenvalue weighted by Gasteiger charge is 2.45. The van der Waals surface area contributed by atoms with Crippen molar-refractivity contribution in [3.05, 3.63) is 105 Å². The predicted molar refractivity (Wildman–Crippen MR) is 141 cm³/mol. The van der Waals surface area contributed by atoms with Gasteiger partial charge in [0.1, 0.15) is 11.5 Å². The van der Waals surface area contributed by atoms with Crippen LogP contribution in [0.5, 0.6) is 5.75 Å². The zero-order valence-corrected chi connectivity index (χ0v) is 21.1. The number of aliphatic hydroxyl groups is 1. The van der Waals surface area contributed by atoms with Crippen LogP contribution in [0.4, 0.5) is 0 Å². The maximum atomic E-state index is 13.2. The molecule has 1 saturated heterocycles. The van der Waals surface area contributed by atoms with Crippen molar-refractivity contribution in [1.29, 1.82) is 0 Å². The quantitative estimate of drug-likeness (QED) is 0.163. The van der Waals surface area contributed by atoms with E-state index >= 15 is 0 Å². The molecule has 1 aliphatic rings. The van der Waals surface area contributed by atoms with Crippen LogP contribution in [-0.4, -0.2) is 34.8 Å². The summed E-state index contributed by atoms with van der Waals surface area (Å²) in [6.45, 7) is 2.93. The number of rotatable bonds is 8. The number of carbonyl (C=O) groups is 2. The Balaban J connectivity index is 1.75. The van der Waals surface area contributed by atoms with E-state index in [1.807, 2.05) is 67.6 Å². The number of halogens is 1. The number of amides is 1. The molecular weight excluding hydrogens is 541 g/mol. The van der Waals surface area contributed by atoms with Crippen molar-refractivity contribution in [2.75, 3.05) is 13.2 Å². The summed E-state index contributed by atoms with van der Waals surface area (Å²) in [5.41, 5.74) is 2.41. The first-order valence-corrected chi connectivity index (χ1v) is 12.4. The third-order valence-corrected chi connectivity index (χ3v) is 6.51. The summed E-state index contributed by atoms with van der Waals surface area (Å²) in [6.07, 6.45) is 1.46. The van der Waals surface area contributed by atoms with Gasteiger partial charge in [-0.3, -0.25) is 9.59 Å². The van der Waals surface area contributed by atoms with E-state index in [0.29, 0.717) is 30.9 Å². The largest absolute Gasteiger partial charge is 0.507 e. The molecule has 0 saturated carbocycles. The molecule has 1 atom stereocenters. The first kappa shape index (κ1) is 24.0. The van der Waals surface area contributed by atoms with Crippen molar-refractivity contribution in [3.63, 3.8) is 0 Å². The van der Waals surface area contributed by atoms with E-state index in [1.165, 1.54) is 0 Å². The van der Waals surface area contributed by atoms with Crippen LogP contribution in [0.15, 0.2) is 84.4 Å². The van der Waals surface area contributed by atoms with E-state index < -0.39 is 17.7 Å². The molecule has 0 radical (unpaired) electrons. The van der Waals surface area contributed by atoms with Crippen molar-refractivity contribution >= 4 is 40.0 Å². The Hall–Kier alpha value is -3.13. The van der Waals surface area contributed by atoms with Gasteiger partial charge in [0.05, 0.1) is 18.2 Å². The second kappa shape index (κ2) is 10.9. The Morgan fingerprint density at radius 1 is 1.00 bits per heavy atom. The molecule has 5 nitrogen and oxygen atoms in total. The van der Waals surface area contributed by atoms with Gasteiger partial charge in [-0.05, 0) is 70.8 Å². The van der Waals surface area contributed by atoms with Crippen LogP contribution in [-0.2, 0) is 16.0 Å². The molecule has 1 fully saturated rings. The molecule has 0 aliphatic carbocycles. The van der Waals surface area contributed by atoms with Crippen molar-refractivity contribution in [3.8, 4) is 5.75 Å². The average Bonchev–Trinajstić information content (AvgIpc) is 3.12. The molecule has 0 spiro atoms. The number of benzene rings is 3. The molecule has 174 valence electrons. The molecule has 3 aromatic rings. The van der Waals surface area contributed by atoms with Crippen LogP contribution < -0.4 is 4.74 Å².